The van der Waals surface area contributed by atoms with Crippen molar-refractivity contribution in [1.82, 2.24) is 9.78 Å². The maximum Gasteiger partial charge on any atom is 0.342 e. The van der Waals surface area contributed by atoms with E-state index in [1.54, 1.807) is 11.6 Å². The van der Waals surface area contributed by atoms with Gasteiger partial charge in [-0.15, -0.1) is 0 Å². The molecule has 3 aromatic rings. The minimum Gasteiger partial charge on any atom is -0.490 e. The molecular formula is C21H21FN2O3. The van der Waals surface area contributed by atoms with Crippen LogP contribution in [0.3, 0.4) is 0 Å². The molecule has 0 spiro atoms. The molecule has 27 heavy (non-hydrogen) atoms. The molecule has 0 N–H and O–H groups in total. The van der Waals surface area contributed by atoms with Gasteiger partial charge in [0.05, 0.1) is 17.9 Å². The summed E-state index contributed by atoms with van der Waals surface area (Å²) in [5, 5.41) is 4.46. The molecule has 1 heterocycles. The standard InChI is InChI=1S/C21H21FN2O3/c1-15-20(16(2)24(23-15)14-17-6-4-3-5-7-17)21(25)27-13-12-26-19-10-8-18(22)9-11-19/h3-11H,12-14H2,1-2H3. The van der Waals surface area contributed by atoms with E-state index in [1.807, 2.05) is 37.3 Å². The fourth-order valence-corrected chi connectivity index (χ4v) is 2.80. The first-order valence-electron chi connectivity index (χ1n) is 8.68. The number of carbonyl (C=O) groups excluding carboxylic acids is 1. The molecule has 0 aliphatic heterocycles. The van der Waals surface area contributed by atoms with Crippen molar-refractivity contribution in [1.29, 1.82) is 0 Å². The summed E-state index contributed by atoms with van der Waals surface area (Å²) in [5.41, 5.74) is 2.98. The van der Waals surface area contributed by atoms with Crippen LogP contribution >= 0.6 is 0 Å². The number of nitrogens with zero attached hydrogens (tertiary/aromatic N) is 2. The fraction of sp³-hybridized carbons (Fsp3) is 0.238. The molecule has 0 aliphatic carbocycles. The number of rotatable bonds is 7. The van der Waals surface area contributed by atoms with Gasteiger partial charge in [0.2, 0.25) is 0 Å². The number of aromatic nitrogens is 2. The zero-order chi connectivity index (χ0) is 19.2. The van der Waals surface area contributed by atoms with E-state index in [2.05, 4.69) is 5.10 Å². The molecule has 2 aromatic carbocycles. The monoisotopic (exact) mass is 368 g/mol. The Morgan fingerprint density at radius 3 is 2.44 bits per heavy atom. The molecule has 0 saturated carbocycles. The average molecular weight is 368 g/mol. The Morgan fingerprint density at radius 1 is 1.04 bits per heavy atom. The van der Waals surface area contributed by atoms with Gasteiger partial charge in [-0.05, 0) is 43.7 Å². The number of benzene rings is 2. The number of halogens is 1. The first-order chi connectivity index (χ1) is 13.0. The molecule has 140 valence electrons. The van der Waals surface area contributed by atoms with Crippen molar-refractivity contribution in [2.24, 2.45) is 0 Å². The van der Waals surface area contributed by atoms with Crippen LogP contribution in [0.25, 0.3) is 0 Å². The Labute approximate surface area is 157 Å². The van der Waals surface area contributed by atoms with Crippen LogP contribution in [-0.4, -0.2) is 29.0 Å². The Hall–Kier alpha value is -3.15. The third-order valence-electron chi connectivity index (χ3n) is 4.16. The Bertz CT molecular complexity index is 905. The summed E-state index contributed by atoms with van der Waals surface area (Å²) in [6, 6.07) is 15.6. The van der Waals surface area contributed by atoms with E-state index >= 15 is 0 Å². The van der Waals surface area contributed by atoms with Crippen molar-refractivity contribution in [3.63, 3.8) is 0 Å². The second kappa shape index (κ2) is 8.49. The van der Waals surface area contributed by atoms with Crippen molar-refractivity contribution >= 4 is 5.97 Å². The predicted octanol–water partition coefficient (Wildman–Crippen LogP) is 3.92. The summed E-state index contributed by atoms with van der Waals surface area (Å²) in [6.07, 6.45) is 0. The minimum atomic E-state index is -0.424. The lowest BCUT2D eigenvalue weighted by Crippen LogP contribution is -2.14. The van der Waals surface area contributed by atoms with Crippen molar-refractivity contribution in [2.75, 3.05) is 13.2 Å². The van der Waals surface area contributed by atoms with E-state index in [9.17, 15) is 9.18 Å². The number of ether oxygens (including phenoxy) is 2. The first-order valence-corrected chi connectivity index (χ1v) is 8.68. The Balaban J connectivity index is 1.57. The zero-order valence-corrected chi connectivity index (χ0v) is 15.3. The molecule has 5 nitrogen and oxygen atoms in total. The average Bonchev–Trinajstić information content (AvgIpc) is 2.94. The van der Waals surface area contributed by atoms with Gasteiger partial charge in [-0.25, -0.2) is 9.18 Å². The van der Waals surface area contributed by atoms with Crippen LogP contribution < -0.4 is 4.74 Å². The molecule has 0 bridgehead atoms. The summed E-state index contributed by atoms with van der Waals surface area (Å²) in [7, 11) is 0. The lowest BCUT2D eigenvalue weighted by Gasteiger charge is -2.08. The van der Waals surface area contributed by atoms with Gasteiger partial charge in [-0.3, -0.25) is 4.68 Å². The lowest BCUT2D eigenvalue weighted by molar-refractivity contribution is 0.0448. The van der Waals surface area contributed by atoms with E-state index < -0.39 is 5.97 Å². The summed E-state index contributed by atoms with van der Waals surface area (Å²) in [5.74, 6) is -0.227. The number of hydrogen-bond acceptors (Lipinski definition) is 4. The maximum absolute atomic E-state index is 12.9. The Morgan fingerprint density at radius 2 is 1.74 bits per heavy atom. The van der Waals surface area contributed by atoms with Gasteiger partial charge in [0.25, 0.3) is 0 Å². The fourth-order valence-electron chi connectivity index (χ4n) is 2.80. The molecule has 0 unspecified atom stereocenters. The van der Waals surface area contributed by atoms with Crippen molar-refractivity contribution in [3.8, 4) is 5.75 Å². The third kappa shape index (κ3) is 4.73. The molecular weight excluding hydrogens is 347 g/mol. The lowest BCUT2D eigenvalue weighted by atomic mass is 10.2. The highest BCUT2D eigenvalue weighted by Crippen LogP contribution is 2.16. The highest BCUT2D eigenvalue weighted by atomic mass is 19.1. The molecule has 0 amide bonds. The Kier molecular flexibility index (Phi) is 5.86. The minimum absolute atomic E-state index is 0.0962. The van der Waals surface area contributed by atoms with Crippen LogP contribution in [-0.2, 0) is 11.3 Å². The quantitative estimate of drug-likeness (QED) is 0.468. The van der Waals surface area contributed by atoms with E-state index in [-0.39, 0.29) is 19.0 Å². The molecule has 0 radical (unpaired) electrons. The summed E-state index contributed by atoms with van der Waals surface area (Å²) < 4.78 is 25.4. The largest absolute Gasteiger partial charge is 0.490 e. The van der Waals surface area contributed by atoms with Crippen LogP contribution in [0, 0.1) is 19.7 Å². The van der Waals surface area contributed by atoms with Crippen molar-refractivity contribution in [3.05, 3.63) is 82.9 Å². The van der Waals surface area contributed by atoms with Crippen LogP contribution in [0.5, 0.6) is 5.75 Å². The topological polar surface area (TPSA) is 53.4 Å². The smallest absolute Gasteiger partial charge is 0.342 e. The third-order valence-corrected chi connectivity index (χ3v) is 4.16. The molecule has 0 aliphatic rings. The van der Waals surface area contributed by atoms with Gasteiger partial charge in [0, 0.05) is 0 Å². The number of carbonyl (C=O) groups is 1. The van der Waals surface area contributed by atoms with Crippen LogP contribution in [0.15, 0.2) is 54.6 Å². The van der Waals surface area contributed by atoms with Crippen molar-refractivity contribution < 1.29 is 18.7 Å². The van der Waals surface area contributed by atoms with E-state index in [4.69, 9.17) is 9.47 Å². The van der Waals surface area contributed by atoms with Gasteiger partial charge in [-0.1, -0.05) is 30.3 Å². The van der Waals surface area contributed by atoms with Gasteiger partial charge >= 0.3 is 5.97 Å². The van der Waals surface area contributed by atoms with E-state index in [1.165, 1.54) is 24.3 Å². The molecule has 0 atom stereocenters. The van der Waals surface area contributed by atoms with Gasteiger partial charge in [0.1, 0.15) is 30.3 Å². The summed E-state index contributed by atoms with van der Waals surface area (Å²) >= 11 is 0. The van der Waals surface area contributed by atoms with Crippen molar-refractivity contribution in [2.45, 2.75) is 20.4 Å². The van der Waals surface area contributed by atoms with Gasteiger partial charge in [-0.2, -0.15) is 5.10 Å². The zero-order valence-electron chi connectivity index (χ0n) is 15.3. The normalized spacial score (nSPS) is 10.6. The van der Waals surface area contributed by atoms with Gasteiger partial charge in [0.15, 0.2) is 0 Å². The second-order valence-electron chi connectivity index (χ2n) is 6.13. The SMILES string of the molecule is Cc1nn(Cc2ccccc2)c(C)c1C(=O)OCCOc1ccc(F)cc1. The van der Waals surface area contributed by atoms with Crippen LogP contribution in [0.1, 0.15) is 27.3 Å². The van der Waals surface area contributed by atoms with Crippen LogP contribution in [0.2, 0.25) is 0 Å². The van der Waals surface area contributed by atoms with E-state index in [0.717, 1.165) is 11.3 Å². The highest BCUT2D eigenvalue weighted by molar-refractivity contribution is 5.91. The van der Waals surface area contributed by atoms with Crippen LogP contribution in [0.4, 0.5) is 4.39 Å². The highest BCUT2D eigenvalue weighted by Gasteiger charge is 2.20. The molecule has 0 fully saturated rings. The number of hydrogen-bond donors (Lipinski definition) is 0. The molecule has 6 heteroatoms. The molecule has 1 aromatic heterocycles. The first kappa shape index (κ1) is 18.6. The summed E-state index contributed by atoms with van der Waals surface area (Å²) in [6.45, 7) is 4.52. The summed E-state index contributed by atoms with van der Waals surface area (Å²) in [4.78, 5) is 12.4. The molecule has 0 saturated heterocycles. The second-order valence-corrected chi connectivity index (χ2v) is 6.13. The number of esters is 1. The molecule has 3 rings (SSSR count). The maximum atomic E-state index is 12.9. The van der Waals surface area contributed by atoms with E-state index in [0.29, 0.717) is 23.6 Å². The number of aryl methyl sites for hydroxylation is 1. The van der Waals surface area contributed by atoms with Gasteiger partial charge < -0.3 is 9.47 Å². The predicted molar refractivity (Wildman–Crippen MR) is 99.4 cm³/mol.